The summed E-state index contributed by atoms with van der Waals surface area (Å²) in [6.45, 7) is -1.85. The lowest BCUT2D eigenvalue weighted by atomic mass is 9.87. The van der Waals surface area contributed by atoms with Crippen molar-refractivity contribution >= 4 is 5.91 Å². The summed E-state index contributed by atoms with van der Waals surface area (Å²) in [6.07, 6.45) is 1.60. The Labute approximate surface area is 157 Å². The van der Waals surface area contributed by atoms with Crippen LogP contribution in [0.5, 0.6) is 5.75 Å². The quantitative estimate of drug-likeness (QED) is 0.837. The van der Waals surface area contributed by atoms with Crippen LogP contribution in [0.2, 0.25) is 0 Å². The van der Waals surface area contributed by atoms with Gasteiger partial charge in [0.2, 0.25) is 0 Å². The van der Waals surface area contributed by atoms with Gasteiger partial charge in [-0.25, -0.2) is 0 Å². The van der Waals surface area contributed by atoms with Crippen LogP contribution in [0.3, 0.4) is 0 Å². The summed E-state index contributed by atoms with van der Waals surface area (Å²) >= 11 is 0. The van der Waals surface area contributed by atoms with Crippen molar-refractivity contribution in [3.8, 4) is 5.75 Å². The first kappa shape index (κ1) is 19.3. The summed E-state index contributed by atoms with van der Waals surface area (Å²) < 4.78 is 29.0. The van der Waals surface area contributed by atoms with Crippen molar-refractivity contribution in [2.45, 2.75) is 32.0 Å². The SMILES string of the molecule is O=C(c1cccc(OC(F)F)c1)N1CCC([C@H](O)Cc2ccccc2)CC1. The van der Waals surface area contributed by atoms with Crippen molar-refractivity contribution < 1.29 is 23.4 Å². The highest BCUT2D eigenvalue weighted by Gasteiger charge is 2.28. The molecule has 0 radical (unpaired) electrons. The third-order valence-electron chi connectivity index (χ3n) is 4.96. The van der Waals surface area contributed by atoms with Crippen molar-refractivity contribution in [2.24, 2.45) is 5.92 Å². The second kappa shape index (κ2) is 8.95. The summed E-state index contributed by atoms with van der Waals surface area (Å²) in [6, 6.07) is 15.7. The van der Waals surface area contributed by atoms with Gasteiger partial charge >= 0.3 is 6.61 Å². The Hall–Kier alpha value is -2.47. The second-order valence-electron chi connectivity index (χ2n) is 6.79. The van der Waals surface area contributed by atoms with Gasteiger partial charge < -0.3 is 14.7 Å². The molecular weight excluding hydrogens is 352 g/mol. The lowest BCUT2D eigenvalue weighted by molar-refractivity contribution is -0.0499. The van der Waals surface area contributed by atoms with Gasteiger partial charge in [0.15, 0.2) is 0 Å². The minimum Gasteiger partial charge on any atom is -0.435 e. The zero-order chi connectivity index (χ0) is 19.2. The van der Waals surface area contributed by atoms with Crippen LogP contribution >= 0.6 is 0 Å². The van der Waals surface area contributed by atoms with E-state index in [-0.39, 0.29) is 17.6 Å². The minimum atomic E-state index is -2.92. The number of carbonyl (C=O) groups excluding carboxylic acids is 1. The van der Waals surface area contributed by atoms with E-state index in [4.69, 9.17) is 0 Å². The highest BCUT2D eigenvalue weighted by Crippen LogP contribution is 2.25. The maximum atomic E-state index is 12.6. The van der Waals surface area contributed by atoms with E-state index in [2.05, 4.69) is 4.74 Å². The predicted octanol–water partition coefficient (Wildman–Crippen LogP) is 3.74. The zero-order valence-electron chi connectivity index (χ0n) is 14.9. The van der Waals surface area contributed by atoms with E-state index in [0.717, 1.165) is 5.56 Å². The number of halogens is 2. The first-order valence-corrected chi connectivity index (χ1v) is 9.09. The Morgan fingerprint density at radius 1 is 1.11 bits per heavy atom. The highest BCUT2D eigenvalue weighted by atomic mass is 19.3. The number of rotatable bonds is 6. The molecule has 0 unspecified atom stereocenters. The van der Waals surface area contributed by atoms with E-state index in [1.165, 1.54) is 18.2 Å². The van der Waals surface area contributed by atoms with Gasteiger partial charge in [0, 0.05) is 18.7 Å². The molecule has 0 aliphatic carbocycles. The van der Waals surface area contributed by atoms with E-state index < -0.39 is 12.7 Å². The maximum Gasteiger partial charge on any atom is 0.387 e. The van der Waals surface area contributed by atoms with Gasteiger partial charge in [0.25, 0.3) is 5.91 Å². The number of ether oxygens (including phenoxy) is 1. The number of likely N-dealkylation sites (tertiary alicyclic amines) is 1. The molecule has 1 heterocycles. The molecule has 1 atom stereocenters. The molecule has 0 spiro atoms. The van der Waals surface area contributed by atoms with Crippen LogP contribution in [-0.2, 0) is 6.42 Å². The smallest absolute Gasteiger partial charge is 0.387 e. The molecule has 144 valence electrons. The van der Waals surface area contributed by atoms with E-state index in [1.807, 2.05) is 30.3 Å². The third-order valence-corrected chi connectivity index (χ3v) is 4.96. The van der Waals surface area contributed by atoms with Gasteiger partial charge in [0.1, 0.15) is 5.75 Å². The van der Waals surface area contributed by atoms with Crippen LogP contribution in [0.4, 0.5) is 8.78 Å². The molecule has 1 N–H and O–H groups in total. The number of hydrogen-bond acceptors (Lipinski definition) is 3. The molecule has 3 rings (SSSR count). The van der Waals surface area contributed by atoms with Crippen LogP contribution in [0.25, 0.3) is 0 Å². The molecule has 0 saturated carbocycles. The topological polar surface area (TPSA) is 49.8 Å². The normalized spacial score (nSPS) is 16.4. The van der Waals surface area contributed by atoms with Crippen molar-refractivity contribution in [3.63, 3.8) is 0 Å². The molecule has 2 aromatic rings. The van der Waals surface area contributed by atoms with E-state index in [9.17, 15) is 18.7 Å². The first-order valence-electron chi connectivity index (χ1n) is 9.09. The number of benzene rings is 2. The van der Waals surface area contributed by atoms with Crippen molar-refractivity contribution in [2.75, 3.05) is 13.1 Å². The number of nitrogens with zero attached hydrogens (tertiary/aromatic N) is 1. The molecule has 1 saturated heterocycles. The fraction of sp³-hybridized carbons (Fsp3) is 0.381. The van der Waals surface area contributed by atoms with Crippen molar-refractivity contribution in [1.29, 1.82) is 0 Å². The van der Waals surface area contributed by atoms with Crippen LogP contribution in [0.1, 0.15) is 28.8 Å². The summed E-state index contributed by atoms with van der Waals surface area (Å²) in [5.74, 6) is -0.0857. The standard InChI is InChI=1S/C21H23F2NO3/c22-21(23)27-18-8-4-7-17(14-18)20(26)24-11-9-16(10-12-24)19(25)13-15-5-2-1-3-6-15/h1-8,14,16,19,21,25H,9-13H2/t19-/m1/s1. The predicted molar refractivity (Wildman–Crippen MR) is 97.9 cm³/mol. The van der Waals surface area contributed by atoms with E-state index in [0.29, 0.717) is 37.9 Å². The van der Waals surface area contributed by atoms with Gasteiger partial charge in [-0.15, -0.1) is 0 Å². The highest BCUT2D eigenvalue weighted by molar-refractivity contribution is 5.94. The molecular formula is C21H23F2NO3. The summed E-state index contributed by atoms with van der Waals surface area (Å²) in [7, 11) is 0. The molecule has 1 aliphatic rings. The Kier molecular flexibility index (Phi) is 6.40. The monoisotopic (exact) mass is 375 g/mol. The molecule has 2 aromatic carbocycles. The number of piperidine rings is 1. The van der Waals surface area contributed by atoms with Crippen LogP contribution in [0.15, 0.2) is 54.6 Å². The number of carbonyl (C=O) groups is 1. The van der Waals surface area contributed by atoms with Crippen molar-refractivity contribution in [3.05, 3.63) is 65.7 Å². The lowest BCUT2D eigenvalue weighted by Crippen LogP contribution is -2.41. The number of hydrogen-bond donors (Lipinski definition) is 1. The largest absolute Gasteiger partial charge is 0.435 e. The number of alkyl halides is 2. The Balaban J connectivity index is 1.55. The minimum absolute atomic E-state index is 0.0241. The molecule has 6 heteroatoms. The van der Waals surface area contributed by atoms with Crippen molar-refractivity contribution in [1.82, 2.24) is 4.90 Å². The maximum absolute atomic E-state index is 12.6. The fourth-order valence-electron chi connectivity index (χ4n) is 3.50. The van der Waals surface area contributed by atoms with Crippen LogP contribution in [-0.4, -0.2) is 41.7 Å². The molecule has 0 bridgehead atoms. The Morgan fingerprint density at radius 2 is 1.81 bits per heavy atom. The van der Waals surface area contributed by atoms with Gasteiger partial charge in [-0.2, -0.15) is 8.78 Å². The van der Waals surface area contributed by atoms with Gasteiger partial charge in [-0.05, 0) is 48.9 Å². The van der Waals surface area contributed by atoms with E-state index in [1.54, 1.807) is 11.0 Å². The zero-order valence-corrected chi connectivity index (χ0v) is 14.9. The fourth-order valence-corrected chi connectivity index (χ4v) is 3.50. The summed E-state index contributed by atoms with van der Waals surface area (Å²) in [4.78, 5) is 14.3. The lowest BCUT2D eigenvalue weighted by Gasteiger charge is -2.34. The number of amides is 1. The second-order valence-corrected chi connectivity index (χ2v) is 6.79. The first-order chi connectivity index (χ1) is 13.0. The average Bonchev–Trinajstić information content (AvgIpc) is 2.68. The Morgan fingerprint density at radius 3 is 2.48 bits per heavy atom. The van der Waals surface area contributed by atoms with Crippen LogP contribution in [0, 0.1) is 5.92 Å². The summed E-state index contributed by atoms with van der Waals surface area (Å²) in [5, 5.41) is 10.5. The molecule has 0 aromatic heterocycles. The van der Waals surface area contributed by atoms with Gasteiger partial charge in [-0.1, -0.05) is 36.4 Å². The average molecular weight is 375 g/mol. The molecule has 1 amide bonds. The van der Waals surface area contributed by atoms with Gasteiger partial charge in [-0.3, -0.25) is 4.79 Å². The number of aliphatic hydroxyl groups is 1. The van der Waals surface area contributed by atoms with Gasteiger partial charge in [0.05, 0.1) is 6.10 Å². The molecule has 4 nitrogen and oxygen atoms in total. The third kappa shape index (κ3) is 5.26. The Bertz CT molecular complexity index is 746. The van der Waals surface area contributed by atoms with E-state index >= 15 is 0 Å². The molecule has 1 fully saturated rings. The summed E-state index contributed by atoms with van der Waals surface area (Å²) in [5.41, 5.74) is 1.43. The molecule has 1 aliphatic heterocycles. The van der Waals surface area contributed by atoms with Crippen LogP contribution < -0.4 is 4.74 Å². The molecule has 27 heavy (non-hydrogen) atoms. The number of aliphatic hydroxyl groups excluding tert-OH is 1.